The van der Waals surface area contributed by atoms with Crippen LogP contribution in [0.1, 0.15) is 54.9 Å². The number of hydrogen-bond acceptors (Lipinski definition) is 3. The highest BCUT2D eigenvalue weighted by atomic mass is 35.5. The zero-order valence-corrected chi connectivity index (χ0v) is 17.6. The predicted molar refractivity (Wildman–Crippen MR) is 113 cm³/mol. The molecule has 1 aliphatic rings. The van der Waals surface area contributed by atoms with Crippen molar-refractivity contribution in [2.24, 2.45) is 0 Å². The van der Waals surface area contributed by atoms with Gasteiger partial charge in [0.2, 0.25) is 0 Å². The van der Waals surface area contributed by atoms with Crippen LogP contribution < -0.4 is 4.74 Å². The lowest BCUT2D eigenvalue weighted by Gasteiger charge is -2.22. The highest BCUT2D eigenvalue weighted by molar-refractivity contribution is 6.30. The molecule has 0 bridgehead atoms. The first-order chi connectivity index (χ1) is 13.5. The average Bonchev–Trinajstić information content (AvgIpc) is 2.71. The summed E-state index contributed by atoms with van der Waals surface area (Å²) in [4.78, 5) is 16.2. The minimum Gasteiger partial charge on any atom is -0.489 e. The van der Waals surface area contributed by atoms with E-state index in [1.807, 2.05) is 12.1 Å². The lowest BCUT2D eigenvalue weighted by molar-refractivity contribution is -0.191. The summed E-state index contributed by atoms with van der Waals surface area (Å²) in [5.41, 5.74) is 8.20. The van der Waals surface area contributed by atoms with Gasteiger partial charge in [0.25, 0.3) is 0 Å². The number of halogens is 1. The van der Waals surface area contributed by atoms with Gasteiger partial charge in [-0.05, 0) is 97.6 Å². The lowest BCUT2D eigenvalue weighted by atomic mass is 9.87. The van der Waals surface area contributed by atoms with E-state index in [9.17, 15) is 0 Å². The van der Waals surface area contributed by atoms with Crippen LogP contribution in [-0.4, -0.2) is 12.8 Å². The summed E-state index contributed by atoms with van der Waals surface area (Å²) >= 11 is 6.04. The molecule has 3 nitrogen and oxygen atoms in total. The van der Waals surface area contributed by atoms with Gasteiger partial charge in [-0.25, -0.2) is 0 Å². The van der Waals surface area contributed by atoms with Gasteiger partial charge in [-0.15, -0.1) is 0 Å². The Bertz CT molecular complexity index is 860. The van der Waals surface area contributed by atoms with Gasteiger partial charge in [0.05, 0.1) is 0 Å². The molecule has 1 aliphatic carbocycles. The number of rotatable bonds is 5. The molecular weight excluding hydrogens is 372 g/mol. The largest absolute Gasteiger partial charge is 0.489 e. The normalized spacial score (nSPS) is 13.4. The fourth-order valence-electron chi connectivity index (χ4n) is 3.68. The Morgan fingerprint density at radius 3 is 2.25 bits per heavy atom. The Hall–Kier alpha value is -2.35. The van der Waals surface area contributed by atoms with Gasteiger partial charge in [0.1, 0.15) is 12.4 Å². The van der Waals surface area contributed by atoms with E-state index in [1.54, 1.807) is 0 Å². The molecule has 148 valence electrons. The van der Waals surface area contributed by atoms with Gasteiger partial charge in [-0.1, -0.05) is 36.7 Å². The molecule has 0 spiro atoms. The molecule has 28 heavy (non-hydrogen) atoms. The van der Waals surface area contributed by atoms with Gasteiger partial charge in [-0.3, -0.25) is 0 Å². The van der Waals surface area contributed by atoms with Gasteiger partial charge in [0, 0.05) is 5.02 Å². The van der Waals surface area contributed by atoms with Crippen molar-refractivity contribution in [2.75, 3.05) is 6.61 Å². The summed E-state index contributed by atoms with van der Waals surface area (Å²) in [5.74, 6) is 1.02. The molecule has 2 aromatic carbocycles. The Morgan fingerprint density at radius 2 is 1.61 bits per heavy atom. The first kappa shape index (κ1) is 21.9. The van der Waals surface area contributed by atoms with E-state index in [0.29, 0.717) is 6.61 Å². The van der Waals surface area contributed by atoms with Gasteiger partial charge < -0.3 is 4.74 Å². The molecule has 0 unspecified atom stereocenters. The van der Waals surface area contributed by atoms with E-state index >= 15 is 0 Å². The molecule has 0 amide bonds. The zero-order valence-electron chi connectivity index (χ0n) is 16.8. The van der Waals surface area contributed by atoms with Crippen molar-refractivity contribution in [1.29, 1.82) is 0 Å². The van der Waals surface area contributed by atoms with Crippen molar-refractivity contribution in [2.45, 2.75) is 52.9 Å². The minimum absolute atomic E-state index is 0.250. The molecule has 0 atom stereocenters. The molecule has 0 N–H and O–H groups in total. The monoisotopic (exact) mass is 398 g/mol. The summed E-state index contributed by atoms with van der Waals surface area (Å²) in [6.07, 6.45) is 6.09. The molecule has 0 saturated heterocycles. The second kappa shape index (κ2) is 10.8. The van der Waals surface area contributed by atoms with Gasteiger partial charge in [0.15, 0.2) is 0 Å². The molecule has 0 aromatic heterocycles. The van der Waals surface area contributed by atoms with Crippen LogP contribution in [0, 0.1) is 13.8 Å². The van der Waals surface area contributed by atoms with Crippen molar-refractivity contribution in [3.8, 4) is 5.75 Å². The second-order valence-corrected chi connectivity index (χ2v) is 7.43. The zero-order chi connectivity index (χ0) is 20.5. The van der Waals surface area contributed by atoms with Gasteiger partial charge in [-0.2, -0.15) is 9.59 Å². The van der Waals surface area contributed by atoms with Crippen molar-refractivity contribution >= 4 is 23.3 Å². The number of carbonyl (C=O) groups excluding carboxylic acids is 2. The summed E-state index contributed by atoms with van der Waals surface area (Å²) < 4.78 is 6.25. The number of ether oxygens (including phenoxy) is 1. The van der Waals surface area contributed by atoms with E-state index in [4.69, 9.17) is 25.9 Å². The Morgan fingerprint density at radius 1 is 0.964 bits per heavy atom. The summed E-state index contributed by atoms with van der Waals surface area (Å²) in [5, 5.41) is 0.792. The molecule has 2 aromatic rings. The predicted octanol–water partition coefficient (Wildman–Crippen LogP) is 6.34. The van der Waals surface area contributed by atoms with Crippen LogP contribution in [0.3, 0.4) is 0 Å². The topological polar surface area (TPSA) is 43.4 Å². The SMILES string of the molecule is CCc1ccc(OCC2=C(c3ccc(Cl)cc3)CCCC2)c(C)c1C.O=C=O. The molecule has 0 radical (unpaired) electrons. The third-order valence-corrected chi connectivity index (χ3v) is 5.66. The van der Waals surface area contributed by atoms with Crippen molar-refractivity contribution in [1.82, 2.24) is 0 Å². The highest BCUT2D eigenvalue weighted by Gasteiger charge is 2.16. The van der Waals surface area contributed by atoms with E-state index < -0.39 is 0 Å². The Labute approximate surface area is 172 Å². The molecule has 0 aliphatic heterocycles. The molecule has 4 heteroatoms. The lowest BCUT2D eigenvalue weighted by Crippen LogP contribution is -2.09. The van der Waals surface area contributed by atoms with E-state index in [-0.39, 0.29) is 6.15 Å². The van der Waals surface area contributed by atoms with Crippen LogP contribution >= 0.6 is 11.6 Å². The summed E-state index contributed by atoms with van der Waals surface area (Å²) in [6.45, 7) is 7.25. The fraction of sp³-hybridized carbons (Fsp3) is 0.375. The minimum atomic E-state index is 0.250. The van der Waals surface area contributed by atoms with Crippen LogP contribution in [0.5, 0.6) is 5.75 Å². The van der Waals surface area contributed by atoms with Crippen molar-refractivity contribution < 1.29 is 14.3 Å². The summed E-state index contributed by atoms with van der Waals surface area (Å²) in [7, 11) is 0. The first-order valence-electron chi connectivity index (χ1n) is 9.69. The van der Waals surface area contributed by atoms with Gasteiger partial charge >= 0.3 is 6.15 Å². The van der Waals surface area contributed by atoms with Crippen LogP contribution in [0.4, 0.5) is 0 Å². The standard InChI is InChI=1S/C23H27ClO.CO2/c1-4-18-11-14-23(17(3)16(18)2)25-15-20-7-5-6-8-22(20)19-9-12-21(24)13-10-19;2-1-3/h9-14H,4-8,15H2,1-3H3;. The van der Waals surface area contributed by atoms with Crippen LogP contribution in [0.2, 0.25) is 5.02 Å². The third-order valence-electron chi connectivity index (χ3n) is 5.41. The van der Waals surface area contributed by atoms with Crippen molar-refractivity contribution in [3.63, 3.8) is 0 Å². The number of aryl methyl sites for hydroxylation is 1. The Balaban J connectivity index is 0.000000878. The first-order valence-corrected chi connectivity index (χ1v) is 10.1. The molecule has 0 heterocycles. The second-order valence-electron chi connectivity index (χ2n) is 6.99. The maximum Gasteiger partial charge on any atom is 0.373 e. The highest BCUT2D eigenvalue weighted by Crippen LogP contribution is 2.34. The molecule has 0 fully saturated rings. The average molecular weight is 399 g/mol. The molecular formula is C24H27ClO3. The van der Waals surface area contributed by atoms with Crippen LogP contribution in [0.25, 0.3) is 5.57 Å². The van der Waals surface area contributed by atoms with Crippen LogP contribution in [0.15, 0.2) is 42.0 Å². The Kier molecular flexibility index (Phi) is 8.50. The smallest absolute Gasteiger partial charge is 0.373 e. The van der Waals surface area contributed by atoms with Crippen molar-refractivity contribution in [3.05, 3.63) is 69.2 Å². The molecule has 0 saturated carbocycles. The van der Waals surface area contributed by atoms with Crippen LogP contribution in [-0.2, 0) is 16.0 Å². The van der Waals surface area contributed by atoms with E-state index in [0.717, 1.165) is 30.0 Å². The third kappa shape index (κ3) is 5.58. The number of hydrogen-bond donors (Lipinski definition) is 0. The number of allylic oxidation sites excluding steroid dienone is 1. The van der Waals surface area contributed by atoms with E-state index in [2.05, 4.69) is 45.0 Å². The quantitative estimate of drug-likeness (QED) is 0.589. The maximum atomic E-state index is 8.12. The molecule has 3 rings (SSSR count). The fourth-order valence-corrected chi connectivity index (χ4v) is 3.81. The number of benzene rings is 2. The maximum absolute atomic E-state index is 8.12. The van der Waals surface area contributed by atoms with E-state index in [1.165, 1.54) is 46.2 Å². The summed E-state index contributed by atoms with van der Waals surface area (Å²) in [6, 6.07) is 12.6.